The molecule has 0 aliphatic heterocycles. The molecular formula is C17H22ClN3. The van der Waals surface area contributed by atoms with E-state index < -0.39 is 0 Å². The van der Waals surface area contributed by atoms with Crippen molar-refractivity contribution in [2.45, 2.75) is 26.4 Å². The summed E-state index contributed by atoms with van der Waals surface area (Å²) in [6, 6.07) is 12.5. The molecule has 0 saturated carbocycles. The highest BCUT2D eigenvalue weighted by Gasteiger charge is 2.08. The van der Waals surface area contributed by atoms with Gasteiger partial charge in [0.15, 0.2) is 0 Å². The van der Waals surface area contributed by atoms with Crippen molar-refractivity contribution in [3.8, 4) is 0 Å². The zero-order chi connectivity index (χ0) is 15.2. The second-order valence-corrected chi connectivity index (χ2v) is 5.65. The first kappa shape index (κ1) is 15.8. The van der Waals surface area contributed by atoms with E-state index in [1.54, 1.807) is 0 Å². The molecule has 0 aliphatic carbocycles. The Hall–Kier alpha value is -1.58. The lowest BCUT2D eigenvalue weighted by molar-refractivity contribution is 0.597. The van der Waals surface area contributed by atoms with Gasteiger partial charge in [-0.3, -0.25) is 0 Å². The molecule has 21 heavy (non-hydrogen) atoms. The SMILES string of the molecule is CCNC(C)c1ccnc(N(C)Cc2ccc(Cl)cc2)c1. The van der Waals surface area contributed by atoms with Crippen molar-refractivity contribution >= 4 is 17.4 Å². The maximum Gasteiger partial charge on any atom is 0.128 e. The summed E-state index contributed by atoms with van der Waals surface area (Å²) >= 11 is 5.92. The van der Waals surface area contributed by atoms with Crippen LogP contribution in [0.25, 0.3) is 0 Å². The summed E-state index contributed by atoms with van der Waals surface area (Å²) in [6.45, 7) is 6.05. The summed E-state index contributed by atoms with van der Waals surface area (Å²) in [4.78, 5) is 6.61. The fraction of sp³-hybridized carbons (Fsp3) is 0.353. The predicted octanol–water partition coefficient (Wildman–Crippen LogP) is 4.04. The van der Waals surface area contributed by atoms with Gasteiger partial charge in [-0.15, -0.1) is 0 Å². The molecular weight excluding hydrogens is 282 g/mol. The lowest BCUT2D eigenvalue weighted by Gasteiger charge is -2.20. The third-order valence-corrected chi connectivity index (χ3v) is 3.76. The maximum absolute atomic E-state index is 5.92. The van der Waals surface area contributed by atoms with Crippen molar-refractivity contribution in [3.05, 3.63) is 58.7 Å². The minimum absolute atomic E-state index is 0.334. The molecule has 0 spiro atoms. The number of nitrogens with zero attached hydrogens (tertiary/aromatic N) is 2. The fourth-order valence-electron chi connectivity index (χ4n) is 2.28. The standard InChI is InChI=1S/C17H22ClN3/c1-4-19-13(2)15-9-10-20-17(11-15)21(3)12-14-5-7-16(18)8-6-14/h5-11,13,19H,4,12H2,1-3H3. The van der Waals surface area contributed by atoms with Crippen LogP contribution < -0.4 is 10.2 Å². The van der Waals surface area contributed by atoms with Gasteiger partial charge in [0.25, 0.3) is 0 Å². The van der Waals surface area contributed by atoms with Crippen molar-refractivity contribution in [1.82, 2.24) is 10.3 Å². The van der Waals surface area contributed by atoms with Crippen LogP contribution >= 0.6 is 11.6 Å². The number of halogens is 1. The molecule has 1 N–H and O–H groups in total. The largest absolute Gasteiger partial charge is 0.355 e. The van der Waals surface area contributed by atoms with Gasteiger partial charge in [0.2, 0.25) is 0 Å². The van der Waals surface area contributed by atoms with E-state index in [-0.39, 0.29) is 0 Å². The van der Waals surface area contributed by atoms with Crippen LogP contribution in [-0.2, 0) is 6.54 Å². The second-order valence-electron chi connectivity index (χ2n) is 5.21. The Labute approximate surface area is 132 Å². The van der Waals surface area contributed by atoms with E-state index in [0.717, 1.165) is 23.9 Å². The van der Waals surface area contributed by atoms with Crippen LogP contribution in [0.2, 0.25) is 5.02 Å². The topological polar surface area (TPSA) is 28.2 Å². The van der Waals surface area contributed by atoms with Crippen LogP contribution in [0.1, 0.15) is 31.0 Å². The summed E-state index contributed by atoms with van der Waals surface area (Å²) in [5.74, 6) is 0.979. The molecule has 0 fully saturated rings. The Balaban J connectivity index is 2.10. The van der Waals surface area contributed by atoms with Crippen LogP contribution in [0.4, 0.5) is 5.82 Å². The smallest absolute Gasteiger partial charge is 0.128 e. The molecule has 0 radical (unpaired) electrons. The number of pyridine rings is 1. The van der Waals surface area contributed by atoms with E-state index in [9.17, 15) is 0 Å². The van der Waals surface area contributed by atoms with Gasteiger partial charge in [0, 0.05) is 30.9 Å². The molecule has 0 aliphatic rings. The number of benzene rings is 1. The summed E-state index contributed by atoms with van der Waals surface area (Å²) in [7, 11) is 2.05. The first-order valence-corrected chi connectivity index (χ1v) is 7.63. The highest BCUT2D eigenvalue weighted by molar-refractivity contribution is 6.30. The third kappa shape index (κ3) is 4.45. The Morgan fingerprint density at radius 2 is 1.95 bits per heavy atom. The van der Waals surface area contributed by atoms with Gasteiger partial charge in [0.1, 0.15) is 5.82 Å². The summed E-state index contributed by atoms with van der Waals surface area (Å²) in [6.07, 6.45) is 1.87. The zero-order valence-electron chi connectivity index (χ0n) is 12.8. The van der Waals surface area contributed by atoms with Crippen molar-refractivity contribution in [3.63, 3.8) is 0 Å². The Kier molecular flexibility index (Phi) is 5.59. The van der Waals surface area contributed by atoms with Gasteiger partial charge in [-0.1, -0.05) is 30.7 Å². The maximum atomic E-state index is 5.92. The normalized spacial score (nSPS) is 12.2. The fourth-order valence-corrected chi connectivity index (χ4v) is 2.41. The number of aromatic nitrogens is 1. The monoisotopic (exact) mass is 303 g/mol. The van der Waals surface area contributed by atoms with Gasteiger partial charge < -0.3 is 10.2 Å². The van der Waals surface area contributed by atoms with E-state index >= 15 is 0 Å². The van der Waals surface area contributed by atoms with E-state index in [1.165, 1.54) is 11.1 Å². The molecule has 3 nitrogen and oxygen atoms in total. The van der Waals surface area contributed by atoms with Crippen LogP contribution in [-0.4, -0.2) is 18.6 Å². The van der Waals surface area contributed by atoms with Crippen molar-refractivity contribution in [2.75, 3.05) is 18.5 Å². The first-order chi connectivity index (χ1) is 10.1. The molecule has 2 aromatic rings. The number of hydrogen-bond acceptors (Lipinski definition) is 3. The van der Waals surface area contributed by atoms with Crippen LogP contribution in [0.3, 0.4) is 0 Å². The van der Waals surface area contributed by atoms with E-state index in [0.29, 0.717) is 6.04 Å². The third-order valence-electron chi connectivity index (χ3n) is 3.50. The van der Waals surface area contributed by atoms with Crippen molar-refractivity contribution < 1.29 is 0 Å². The number of nitrogens with one attached hydrogen (secondary N) is 1. The highest BCUT2D eigenvalue weighted by Crippen LogP contribution is 2.19. The first-order valence-electron chi connectivity index (χ1n) is 7.25. The average Bonchev–Trinajstić information content (AvgIpc) is 2.50. The van der Waals surface area contributed by atoms with Gasteiger partial charge in [0.05, 0.1) is 0 Å². The molecule has 2 rings (SSSR count). The van der Waals surface area contributed by atoms with E-state index in [4.69, 9.17) is 11.6 Å². The summed E-state index contributed by atoms with van der Waals surface area (Å²) in [5.41, 5.74) is 2.47. The average molecular weight is 304 g/mol. The molecule has 4 heteroatoms. The van der Waals surface area contributed by atoms with E-state index in [1.807, 2.05) is 30.5 Å². The van der Waals surface area contributed by atoms with Crippen LogP contribution in [0.15, 0.2) is 42.6 Å². The van der Waals surface area contributed by atoms with Crippen LogP contribution in [0, 0.1) is 0 Å². The quantitative estimate of drug-likeness (QED) is 0.873. The highest BCUT2D eigenvalue weighted by atomic mass is 35.5. The molecule has 1 aromatic heterocycles. The minimum Gasteiger partial charge on any atom is -0.355 e. The summed E-state index contributed by atoms with van der Waals surface area (Å²) in [5, 5.41) is 4.19. The van der Waals surface area contributed by atoms with Gasteiger partial charge in [-0.25, -0.2) is 4.98 Å². The Morgan fingerprint density at radius 3 is 2.62 bits per heavy atom. The lowest BCUT2D eigenvalue weighted by atomic mass is 10.1. The van der Waals surface area contributed by atoms with Crippen molar-refractivity contribution in [2.24, 2.45) is 0 Å². The van der Waals surface area contributed by atoms with E-state index in [2.05, 4.69) is 48.2 Å². The lowest BCUT2D eigenvalue weighted by Crippen LogP contribution is -2.20. The molecule has 0 saturated heterocycles. The number of hydrogen-bond donors (Lipinski definition) is 1. The van der Waals surface area contributed by atoms with Gasteiger partial charge in [-0.05, 0) is 48.9 Å². The Morgan fingerprint density at radius 1 is 1.24 bits per heavy atom. The zero-order valence-corrected chi connectivity index (χ0v) is 13.6. The van der Waals surface area contributed by atoms with Gasteiger partial charge >= 0.3 is 0 Å². The predicted molar refractivity (Wildman–Crippen MR) is 89.9 cm³/mol. The molecule has 1 heterocycles. The molecule has 0 amide bonds. The molecule has 1 atom stereocenters. The van der Waals surface area contributed by atoms with Crippen LogP contribution in [0.5, 0.6) is 0 Å². The number of anilines is 1. The van der Waals surface area contributed by atoms with Gasteiger partial charge in [-0.2, -0.15) is 0 Å². The molecule has 0 bridgehead atoms. The number of rotatable bonds is 6. The molecule has 1 aromatic carbocycles. The summed E-state index contributed by atoms with van der Waals surface area (Å²) < 4.78 is 0. The molecule has 1 unspecified atom stereocenters. The van der Waals surface area contributed by atoms with Crippen molar-refractivity contribution in [1.29, 1.82) is 0 Å². The second kappa shape index (κ2) is 7.43. The Bertz CT molecular complexity index is 569. The molecule has 112 valence electrons. The minimum atomic E-state index is 0.334.